The first-order valence-electron chi connectivity index (χ1n) is 10.8. The number of hydrogen-bond donors (Lipinski definition) is 1. The second-order valence-electron chi connectivity index (χ2n) is 8.06. The SMILES string of the molecule is CC(=O)N(NC(=O)COc1ccc2ccccc2c1)C1CC(=O)N(c2cccc(C(F)(F)F)c2)C1=O. The van der Waals surface area contributed by atoms with Crippen LogP contribution in [-0.2, 0) is 25.4 Å². The summed E-state index contributed by atoms with van der Waals surface area (Å²) in [5.74, 6) is -2.86. The molecule has 1 fully saturated rings. The zero-order valence-corrected chi connectivity index (χ0v) is 18.9. The average Bonchev–Trinajstić information content (AvgIpc) is 3.13. The first-order valence-corrected chi connectivity index (χ1v) is 10.8. The van der Waals surface area contributed by atoms with Crippen LogP contribution in [0.2, 0.25) is 0 Å². The number of carbonyl (C=O) groups is 4. The predicted molar refractivity (Wildman–Crippen MR) is 122 cm³/mol. The van der Waals surface area contributed by atoms with Crippen molar-refractivity contribution in [3.63, 3.8) is 0 Å². The van der Waals surface area contributed by atoms with Gasteiger partial charge in [0.15, 0.2) is 6.61 Å². The highest BCUT2D eigenvalue weighted by Crippen LogP contribution is 2.33. The molecule has 1 aliphatic heterocycles. The Labute approximate surface area is 203 Å². The molecule has 0 saturated carbocycles. The van der Waals surface area contributed by atoms with E-state index in [0.717, 1.165) is 29.8 Å². The minimum absolute atomic E-state index is 0.281. The van der Waals surface area contributed by atoms with Crippen molar-refractivity contribution in [2.24, 2.45) is 0 Å². The Kier molecular flexibility index (Phi) is 6.65. The van der Waals surface area contributed by atoms with Crippen LogP contribution < -0.4 is 15.1 Å². The lowest BCUT2D eigenvalue weighted by molar-refractivity contribution is -0.146. The van der Waals surface area contributed by atoms with Gasteiger partial charge in [0.25, 0.3) is 11.8 Å². The van der Waals surface area contributed by atoms with Gasteiger partial charge in [-0.2, -0.15) is 13.2 Å². The fourth-order valence-corrected chi connectivity index (χ4v) is 3.86. The number of halogens is 3. The fraction of sp³-hybridized carbons (Fsp3) is 0.200. The quantitative estimate of drug-likeness (QED) is 0.429. The molecule has 3 aromatic carbocycles. The summed E-state index contributed by atoms with van der Waals surface area (Å²) in [5, 5.41) is 2.57. The van der Waals surface area contributed by atoms with Crippen LogP contribution in [0.1, 0.15) is 18.9 Å². The van der Waals surface area contributed by atoms with E-state index in [2.05, 4.69) is 5.43 Å². The molecule has 1 unspecified atom stereocenters. The third-order valence-corrected chi connectivity index (χ3v) is 5.54. The first kappa shape index (κ1) is 24.7. The molecule has 8 nitrogen and oxygen atoms in total. The van der Waals surface area contributed by atoms with E-state index in [-0.39, 0.29) is 5.69 Å². The second-order valence-corrected chi connectivity index (χ2v) is 8.06. The number of imide groups is 1. The number of fused-ring (bicyclic) bond motifs is 1. The topological polar surface area (TPSA) is 96.0 Å². The Morgan fingerprint density at radius 1 is 1.03 bits per heavy atom. The van der Waals surface area contributed by atoms with Crippen molar-refractivity contribution >= 4 is 40.1 Å². The number of alkyl halides is 3. The molecule has 0 aliphatic carbocycles. The van der Waals surface area contributed by atoms with Crippen molar-refractivity contribution in [1.29, 1.82) is 0 Å². The van der Waals surface area contributed by atoms with E-state index >= 15 is 0 Å². The molecule has 36 heavy (non-hydrogen) atoms. The van der Waals surface area contributed by atoms with Crippen molar-refractivity contribution in [3.05, 3.63) is 72.3 Å². The van der Waals surface area contributed by atoms with Gasteiger partial charge in [-0.05, 0) is 41.1 Å². The van der Waals surface area contributed by atoms with Gasteiger partial charge in [0.2, 0.25) is 11.8 Å². The van der Waals surface area contributed by atoms with Gasteiger partial charge in [0, 0.05) is 6.92 Å². The highest BCUT2D eigenvalue weighted by Gasteiger charge is 2.45. The number of amides is 4. The van der Waals surface area contributed by atoms with Crippen LogP contribution in [0.5, 0.6) is 5.75 Å². The molecule has 1 heterocycles. The number of ether oxygens (including phenoxy) is 1. The van der Waals surface area contributed by atoms with Crippen LogP contribution in [-0.4, -0.2) is 41.3 Å². The molecule has 1 aliphatic rings. The summed E-state index contributed by atoms with van der Waals surface area (Å²) in [6.45, 7) is 0.587. The van der Waals surface area contributed by atoms with Gasteiger partial charge in [-0.1, -0.05) is 36.4 Å². The second kappa shape index (κ2) is 9.68. The van der Waals surface area contributed by atoms with E-state index < -0.39 is 54.4 Å². The Hall–Kier alpha value is -4.41. The highest BCUT2D eigenvalue weighted by molar-refractivity contribution is 6.23. The number of nitrogens with zero attached hydrogens (tertiary/aromatic N) is 2. The molecule has 4 rings (SSSR count). The van der Waals surface area contributed by atoms with E-state index in [1.54, 1.807) is 12.1 Å². The van der Waals surface area contributed by atoms with Crippen molar-refractivity contribution in [2.45, 2.75) is 25.6 Å². The molecule has 1 atom stereocenters. The van der Waals surface area contributed by atoms with E-state index in [1.165, 1.54) is 6.07 Å². The molecule has 1 saturated heterocycles. The smallest absolute Gasteiger partial charge is 0.416 e. The monoisotopic (exact) mass is 499 g/mol. The van der Waals surface area contributed by atoms with Crippen LogP contribution in [0.15, 0.2) is 66.7 Å². The normalized spacial score (nSPS) is 15.8. The Balaban J connectivity index is 1.45. The summed E-state index contributed by atoms with van der Waals surface area (Å²) >= 11 is 0. The molecule has 186 valence electrons. The number of rotatable bonds is 5. The third-order valence-electron chi connectivity index (χ3n) is 5.54. The summed E-state index contributed by atoms with van der Waals surface area (Å²) in [6, 6.07) is 15.1. The molecule has 4 amide bonds. The number of hydrogen-bond acceptors (Lipinski definition) is 5. The third kappa shape index (κ3) is 5.14. The lowest BCUT2D eigenvalue weighted by atomic mass is 10.1. The summed E-state index contributed by atoms with van der Waals surface area (Å²) in [4.78, 5) is 50.8. The van der Waals surface area contributed by atoms with Crippen molar-refractivity contribution < 1.29 is 37.1 Å². The number of hydrazine groups is 1. The predicted octanol–water partition coefficient (Wildman–Crippen LogP) is 3.45. The van der Waals surface area contributed by atoms with Gasteiger partial charge >= 0.3 is 6.18 Å². The maximum Gasteiger partial charge on any atom is 0.416 e. The minimum atomic E-state index is -4.67. The molecular formula is C25H20F3N3O5. The number of carbonyl (C=O) groups excluding carboxylic acids is 4. The van der Waals surface area contributed by atoms with Gasteiger partial charge < -0.3 is 4.74 Å². The summed E-state index contributed by atoms with van der Waals surface area (Å²) in [5.41, 5.74) is 0.948. The number of benzene rings is 3. The largest absolute Gasteiger partial charge is 0.484 e. The zero-order chi connectivity index (χ0) is 26.0. The van der Waals surface area contributed by atoms with E-state index in [4.69, 9.17) is 4.74 Å². The van der Waals surface area contributed by atoms with Gasteiger partial charge in [-0.25, -0.2) is 9.91 Å². The van der Waals surface area contributed by atoms with Crippen LogP contribution in [0.4, 0.5) is 18.9 Å². The van der Waals surface area contributed by atoms with Crippen LogP contribution in [0.25, 0.3) is 10.8 Å². The zero-order valence-electron chi connectivity index (χ0n) is 18.9. The molecule has 1 N–H and O–H groups in total. The Morgan fingerprint density at radius 3 is 2.44 bits per heavy atom. The van der Waals surface area contributed by atoms with Crippen LogP contribution in [0.3, 0.4) is 0 Å². The molecular weight excluding hydrogens is 479 g/mol. The van der Waals surface area contributed by atoms with E-state index in [9.17, 15) is 32.3 Å². The van der Waals surface area contributed by atoms with Gasteiger partial charge in [-0.15, -0.1) is 0 Å². The highest BCUT2D eigenvalue weighted by atomic mass is 19.4. The summed E-state index contributed by atoms with van der Waals surface area (Å²) in [6.07, 6.45) is -5.19. The molecule has 0 bridgehead atoms. The lowest BCUT2D eigenvalue weighted by Gasteiger charge is -2.26. The standard InChI is InChI=1S/C25H20F3N3O5/c1-15(32)31(29-22(33)14-36-20-10-9-16-5-2-3-6-17(16)11-20)21-13-23(34)30(24(21)35)19-8-4-7-18(12-19)25(26,27)28/h2-12,21H,13-14H2,1H3,(H,29,33). The van der Waals surface area contributed by atoms with E-state index in [1.807, 2.05) is 30.3 Å². The summed E-state index contributed by atoms with van der Waals surface area (Å²) in [7, 11) is 0. The average molecular weight is 499 g/mol. The maximum absolute atomic E-state index is 13.1. The van der Waals surface area contributed by atoms with E-state index in [0.29, 0.717) is 21.7 Å². The molecule has 11 heteroatoms. The molecule has 0 radical (unpaired) electrons. The van der Waals surface area contributed by atoms with Crippen molar-refractivity contribution in [2.75, 3.05) is 11.5 Å². The Bertz CT molecular complexity index is 1360. The summed E-state index contributed by atoms with van der Waals surface area (Å²) < 4.78 is 44.7. The molecule has 0 aromatic heterocycles. The minimum Gasteiger partial charge on any atom is -0.484 e. The molecule has 3 aromatic rings. The van der Waals surface area contributed by atoms with Crippen LogP contribution in [0, 0.1) is 0 Å². The van der Waals surface area contributed by atoms with Gasteiger partial charge in [0.05, 0.1) is 17.7 Å². The van der Waals surface area contributed by atoms with Gasteiger partial charge in [-0.3, -0.25) is 24.6 Å². The Morgan fingerprint density at radius 2 is 1.75 bits per heavy atom. The van der Waals surface area contributed by atoms with Gasteiger partial charge in [0.1, 0.15) is 11.8 Å². The maximum atomic E-state index is 13.1. The number of anilines is 1. The fourth-order valence-electron chi connectivity index (χ4n) is 3.86. The molecule has 0 spiro atoms. The first-order chi connectivity index (χ1) is 17.0. The number of nitrogens with one attached hydrogen (secondary N) is 1. The van der Waals surface area contributed by atoms with Crippen molar-refractivity contribution in [1.82, 2.24) is 10.4 Å². The lowest BCUT2D eigenvalue weighted by Crippen LogP contribution is -2.54. The van der Waals surface area contributed by atoms with Crippen LogP contribution >= 0.6 is 0 Å². The van der Waals surface area contributed by atoms with Crippen molar-refractivity contribution in [3.8, 4) is 5.75 Å².